The van der Waals surface area contributed by atoms with E-state index in [-0.39, 0.29) is 0 Å². The van der Waals surface area contributed by atoms with Gasteiger partial charge in [-0.05, 0) is 71.8 Å². The van der Waals surface area contributed by atoms with Crippen LogP contribution in [-0.4, -0.2) is 35.4 Å². The Labute approximate surface area is 277 Å². The minimum atomic E-state index is -1.35. The highest BCUT2D eigenvalue weighted by Crippen LogP contribution is 2.47. The van der Waals surface area contributed by atoms with Crippen LogP contribution in [0.3, 0.4) is 0 Å². The van der Waals surface area contributed by atoms with Gasteiger partial charge in [-0.1, -0.05) is 84.9 Å². The van der Waals surface area contributed by atoms with Gasteiger partial charge in [-0.3, -0.25) is 0 Å². The molecule has 0 saturated carbocycles. The molecule has 242 valence electrons. The van der Waals surface area contributed by atoms with Crippen LogP contribution in [-0.2, 0) is 9.59 Å². The van der Waals surface area contributed by atoms with E-state index >= 15 is 0 Å². The third-order valence-corrected chi connectivity index (χ3v) is 7.96. The van der Waals surface area contributed by atoms with Crippen molar-refractivity contribution in [3.05, 3.63) is 132 Å². The van der Waals surface area contributed by atoms with Crippen LogP contribution in [0.15, 0.2) is 121 Å². The van der Waals surface area contributed by atoms with Crippen molar-refractivity contribution in [2.75, 3.05) is 13.2 Å². The molecule has 0 radical (unpaired) electrons. The van der Waals surface area contributed by atoms with Crippen molar-refractivity contribution in [2.45, 2.75) is 26.1 Å². The summed E-state index contributed by atoms with van der Waals surface area (Å²) in [5.41, 5.74) is 2.02. The number of ether oxygens (including phenoxy) is 4. The Morgan fingerprint density at radius 2 is 0.896 bits per heavy atom. The van der Waals surface area contributed by atoms with Gasteiger partial charge in [0.1, 0.15) is 23.0 Å². The number of fused-ring (bicyclic) bond motifs is 2. The van der Waals surface area contributed by atoms with Crippen molar-refractivity contribution in [3.63, 3.8) is 0 Å². The van der Waals surface area contributed by atoms with E-state index in [4.69, 9.17) is 18.9 Å². The minimum Gasteiger partial charge on any atom is -0.494 e. The number of carboxylic acids is 2. The fraction of sp³-hybridized carbons (Fsp3) is 0.150. The number of hydrogen-bond donors (Lipinski definition) is 2. The van der Waals surface area contributed by atoms with Crippen molar-refractivity contribution in [3.8, 4) is 34.1 Å². The second-order valence-electron chi connectivity index (χ2n) is 11.0. The first-order valence-electron chi connectivity index (χ1n) is 15.7. The van der Waals surface area contributed by atoms with Gasteiger partial charge in [0, 0.05) is 22.3 Å². The van der Waals surface area contributed by atoms with Crippen molar-refractivity contribution < 1.29 is 38.7 Å². The van der Waals surface area contributed by atoms with Crippen LogP contribution < -0.4 is 18.9 Å². The first-order valence-corrected chi connectivity index (χ1v) is 15.7. The molecule has 0 aliphatic heterocycles. The fourth-order valence-electron chi connectivity index (χ4n) is 5.80. The zero-order valence-electron chi connectivity index (χ0n) is 26.5. The highest BCUT2D eigenvalue weighted by Gasteiger charge is 2.28. The molecular formula is C40H34O8. The van der Waals surface area contributed by atoms with Crippen molar-refractivity contribution in [1.82, 2.24) is 0 Å². The van der Waals surface area contributed by atoms with Crippen LogP contribution in [0, 0.1) is 0 Å². The summed E-state index contributed by atoms with van der Waals surface area (Å²) in [6.45, 7) is 4.71. The Morgan fingerprint density at radius 3 is 1.25 bits per heavy atom. The van der Waals surface area contributed by atoms with Crippen LogP contribution in [0.2, 0.25) is 0 Å². The molecule has 6 rings (SSSR count). The van der Waals surface area contributed by atoms with Crippen LogP contribution >= 0.6 is 0 Å². The molecule has 0 aliphatic rings. The zero-order chi connectivity index (χ0) is 33.6. The van der Waals surface area contributed by atoms with Gasteiger partial charge >= 0.3 is 11.9 Å². The lowest BCUT2D eigenvalue weighted by Gasteiger charge is -2.24. The summed E-state index contributed by atoms with van der Waals surface area (Å²) in [6, 6.07) is 36.1. The maximum atomic E-state index is 12.7. The van der Waals surface area contributed by atoms with Gasteiger partial charge in [0.2, 0.25) is 12.2 Å². The first-order chi connectivity index (χ1) is 23.4. The SMILES string of the molecule is CCOc1ccc(C(Oc2ccc3ccccc3c2-c2c(OC(C(=O)O)c3ccc(OCC)cc3)ccc3ccccc23)C(=O)O)cc1. The lowest BCUT2D eigenvalue weighted by Crippen LogP contribution is -2.19. The predicted octanol–water partition coefficient (Wildman–Crippen LogP) is 8.87. The molecule has 0 spiro atoms. The molecule has 0 amide bonds. The lowest BCUT2D eigenvalue weighted by molar-refractivity contribution is -0.146. The summed E-state index contributed by atoms with van der Waals surface area (Å²) in [7, 11) is 0. The second kappa shape index (κ2) is 14.2. The Kier molecular flexibility index (Phi) is 9.43. The monoisotopic (exact) mass is 642 g/mol. The van der Waals surface area contributed by atoms with Gasteiger partial charge in [-0.25, -0.2) is 9.59 Å². The summed E-state index contributed by atoms with van der Waals surface area (Å²) in [5.74, 6) is -0.513. The summed E-state index contributed by atoms with van der Waals surface area (Å²) in [4.78, 5) is 25.4. The van der Waals surface area contributed by atoms with E-state index in [2.05, 4.69) is 0 Å². The lowest BCUT2D eigenvalue weighted by atomic mass is 9.92. The average molecular weight is 643 g/mol. The fourth-order valence-corrected chi connectivity index (χ4v) is 5.80. The second-order valence-corrected chi connectivity index (χ2v) is 11.0. The number of carboxylic acid groups (broad SMARTS) is 2. The molecule has 8 nitrogen and oxygen atoms in total. The van der Waals surface area contributed by atoms with Crippen LogP contribution in [0.25, 0.3) is 32.7 Å². The molecule has 2 N–H and O–H groups in total. The smallest absolute Gasteiger partial charge is 0.349 e. The van der Waals surface area contributed by atoms with Crippen molar-refractivity contribution >= 4 is 33.5 Å². The molecule has 0 aliphatic carbocycles. The number of hydrogen-bond acceptors (Lipinski definition) is 6. The summed E-state index contributed by atoms with van der Waals surface area (Å²) < 4.78 is 23.9. The van der Waals surface area contributed by atoms with Gasteiger partial charge in [0.25, 0.3) is 0 Å². The van der Waals surface area contributed by atoms with Gasteiger partial charge in [0.15, 0.2) is 0 Å². The molecule has 0 saturated heterocycles. The Hall–Kier alpha value is -6.02. The highest BCUT2D eigenvalue weighted by molar-refractivity contribution is 6.10. The summed E-state index contributed by atoms with van der Waals surface area (Å²) in [5, 5.41) is 24.1. The highest BCUT2D eigenvalue weighted by atomic mass is 16.5. The van der Waals surface area contributed by atoms with Crippen LogP contribution in [0.1, 0.15) is 37.2 Å². The van der Waals surface area contributed by atoms with Crippen molar-refractivity contribution in [1.29, 1.82) is 0 Å². The van der Waals surface area contributed by atoms with Crippen LogP contribution in [0.5, 0.6) is 23.0 Å². The standard InChI is InChI=1S/C40H34O8/c1-3-45-29-19-13-27(14-20-29)37(39(41)42)47-33-23-17-25-9-5-7-11-31(25)35(33)36-32-12-8-6-10-26(32)18-24-34(36)48-38(40(43)44)28-15-21-30(22-16-28)46-4-2/h5-24,37-38H,3-4H2,1-2H3,(H,41,42)(H,43,44). The van der Waals surface area contributed by atoms with E-state index in [1.165, 1.54) is 0 Å². The van der Waals surface area contributed by atoms with E-state index in [9.17, 15) is 19.8 Å². The third-order valence-electron chi connectivity index (χ3n) is 7.96. The van der Waals surface area contributed by atoms with E-state index in [0.29, 0.717) is 58.5 Å². The molecule has 0 aromatic heterocycles. The molecule has 6 aromatic rings. The quantitative estimate of drug-likeness (QED) is 0.129. The minimum absolute atomic E-state index is 0.295. The van der Waals surface area contributed by atoms with E-state index in [1.807, 2.05) is 74.5 Å². The van der Waals surface area contributed by atoms with E-state index in [1.54, 1.807) is 60.7 Å². The molecule has 0 fully saturated rings. The third kappa shape index (κ3) is 6.59. The topological polar surface area (TPSA) is 112 Å². The summed E-state index contributed by atoms with van der Waals surface area (Å²) in [6.07, 6.45) is -2.70. The Balaban J connectivity index is 1.53. The average Bonchev–Trinajstić information content (AvgIpc) is 3.10. The normalized spacial score (nSPS) is 12.3. The van der Waals surface area contributed by atoms with Gasteiger partial charge in [0.05, 0.1) is 13.2 Å². The molecule has 2 atom stereocenters. The number of rotatable bonds is 13. The maximum absolute atomic E-state index is 12.7. The largest absolute Gasteiger partial charge is 0.494 e. The molecular weight excluding hydrogens is 608 g/mol. The van der Waals surface area contributed by atoms with Gasteiger partial charge in [-0.2, -0.15) is 0 Å². The predicted molar refractivity (Wildman–Crippen MR) is 184 cm³/mol. The first kappa shape index (κ1) is 31.9. The van der Waals surface area contributed by atoms with E-state index < -0.39 is 24.1 Å². The molecule has 8 heteroatoms. The Morgan fingerprint density at radius 1 is 0.521 bits per heavy atom. The Bertz CT molecular complexity index is 1920. The molecule has 0 bridgehead atoms. The number of carbonyl (C=O) groups is 2. The zero-order valence-corrected chi connectivity index (χ0v) is 26.5. The van der Waals surface area contributed by atoms with Gasteiger partial charge in [-0.15, -0.1) is 0 Å². The van der Waals surface area contributed by atoms with E-state index in [0.717, 1.165) is 21.5 Å². The number of aliphatic carboxylic acids is 2. The molecule has 6 aromatic carbocycles. The van der Waals surface area contributed by atoms with Crippen molar-refractivity contribution in [2.24, 2.45) is 0 Å². The summed E-state index contributed by atoms with van der Waals surface area (Å²) >= 11 is 0. The molecule has 2 unspecified atom stereocenters. The van der Waals surface area contributed by atoms with Crippen LogP contribution in [0.4, 0.5) is 0 Å². The molecule has 0 heterocycles. The maximum Gasteiger partial charge on any atom is 0.349 e. The number of benzene rings is 6. The van der Waals surface area contributed by atoms with Gasteiger partial charge < -0.3 is 29.2 Å². The molecule has 48 heavy (non-hydrogen) atoms.